The van der Waals surface area contributed by atoms with Gasteiger partial charge in [-0.3, -0.25) is 4.79 Å². The molecule has 1 amide bonds. The minimum absolute atomic E-state index is 0.318. The topological polar surface area (TPSA) is 55.4 Å². The Kier molecular flexibility index (Phi) is 6.81. The van der Waals surface area contributed by atoms with Gasteiger partial charge in [0.15, 0.2) is 0 Å². The molecule has 7 heteroatoms. The van der Waals surface area contributed by atoms with Gasteiger partial charge >= 0.3 is 5.97 Å². The fraction of sp³-hybridized carbons (Fsp3) is 0.333. The fourth-order valence-corrected chi connectivity index (χ4v) is 5.01. The molecule has 0 radical (unpaired) electrons. The lowest BCUT2D eigenvalue weighted by Crippen LogP contribution is -2.15. The van der Waals surface area contributed by atoms with E-state index in [0.29, 0.717) is 26.5 Å². The van der Waals surface area contributed by atoms with Crippen LogP contribution in [0.1, 0.15) is 46.1 Å². The molecular formula is C21H21Cl2NO3S. The van der Waals surface area contributed by atoms with Gasteiger partial charge < -0.3 is 10.1 Å². The summed E-state index contributed by atoms with van der Waals surface area (Å²) in [5.74, 6) is -0.104. The van der Waals surface area contributed by atoms with E-state index in [9.17, 15) is 9.59 Å². The summed E-state index contributed by atoms with van der Waals surface area (Å²) in [7, 11) is 1.36. The van der Waals surface area contributed by atoms with Crippen molar-refractivity contribution in [2.75, 3.05) is 12.4 Å². The first-order valence-electron chi connectivity index (χ1n) is 9.09. The van der Waals surface area contributed by atoms with Gasteiger partial charge in [-0.1, -0.05) is 42.6 Å². The second kappa shape index (κ2) is 9.12. The van der Waals surface area contributed by atoms with Gasteiger partial charge in [-0.2, -0.15) is 0 Å². The number of methoxy groups -OCH3 is 1. The van der Waals surface area contributed by atoms with Gasteiger partial charge in [0.2, 0.25) is 5.91 Å². The zero-order valence-electron chi connectivity index (χ0n) is 15.7. The molecule has 2 aromatic rings. The molecule has 1 aromatic heterocycles. The predicted octanol–water partition coefficient (Wildman–Crippen LogP) is 6.01. The number of carbonyl (C=O) groups is 2. The van der Waals surface area contributed by atoms with Gasteiger partial charge in [0.25, 0.3) is 0 Å². The monoisotopic (exact) mass is 437 g/mol. The summed E-state index contributed by atoms with van der Waals surface area (Å²) in [4.78, 5) is 25.9. The third-order valence-corrected chi connectivity index (χ3v) is 6.85. The van der Waals surface area contributed by atoms with Crippen LogP contribution in [0.15, 0.2) is 24.3 Å². The average Bonchev–Trinajstić information content (AvgIpc) is 3.04. The maximum atomic E-state index is 12.4. The molecule has 3 rings (SSSR count). The SMILES string of the molecule is CCC1CCc2c(sc(NC(=O)C=Cc3ccc(Cl)c(Cl)c3)c2C(=O)OC)C1. The predicted molar refractivity (Wildman–Crippen MR) is 116 cm³/mol. The first-order valence-corrected chi connectivity index (χ1v) is 10.7. The molecule has 1 N–H and O–H groups in total. The summed E-state index contributed by atoms with van der Waals surface area (Å²) in [5, 5.41) is 4.28. The van der Waals surface area contributed by atoms with E-state index in [1.54, 1.807) is 24.3 Å². The number of anilines is 1. The van der Waals surface area contributed by atoms with Gasteiger partial charge in [-0.25, -0.2) is 4.79 Å². The lowest BCUT2D eigenvalue weighted by Gasteiger charge is -2.20. The highest BCUT2D eigenvalue weighted by molar-refractivity contribution is 7.17. The molecule has 1 aliphatic rings. The van der Waals surface area contributed by atoms with Crippen LogP contribution in [0.4, 0.5) is 5.00 Å². The summed E-state index contributed by atoms with van der Waals surface area (Å²) in [5.41, 5.74) is 2.27. The third kappa shape index (κ3) is 4.59. The van der Waals surface area contributed by atoms with Crippen molar-refractivity contribution in [2.24, 2.45) is 5.92 Å². The van der Waals surface area contributed by atoms with Crippen molar-refractivity contribution >= 4 is 57.5 Å². The number of benzene rings is 1. The van der Waals surface area contributed by atoms with Gasteiger partial charge in [-0.15, -0.1) is 11.3 Å². The Hall–Kier alpha value is -1.82. The van der Waals surface area contributed by atoms with E-state index in [-0.39, 0.29) is 5.91 Å². The molecule has 0 saturated carbocycles. The number of thiophene rings is 1. The van der Waals surface area contributed by atoms with E-state index >= 15 is 0 Å². The molecule has 1 atom stereocenters. The van der Waals surface area contributed by atoms with Crippen LogP contribution in [0.3, 0.4) is 0 Å². The molecule has 0 fully saturated rings. The summed E-state index contributed by atoms with van der Waals surface area (Å²) in [6.07, 6.45) is 7.00. The molecule has 0 saturated heterocycles. The minimum atomic E-state index is -0.406. The van der Waals surface area contributed by atoms with E-state index < -0.39 is 5.97 Å². The Balaban J connectivity index is 1.81. The van der Waals surface area contributed by atoms with Crippen LogP contribution < -0.4 is 5.32 Å². The highest BCUT2D eigenvalue weighted by Crippen LogP contribution is 2.40. The first-order chi connectivity index (χ1) is 13.4. The molecule has 0 aliphatic heterocycles. The van der Waals surface area contributed by atoms with Crippen LogP contribution in [-0.4, -0.2) is 19.0 Å². The molecule has 0 bridgehead atoms. The number of rotatable bonds is 5. The average molecular weight is 438 g/mol. The highest BCUT2D eigenvalue weighted by atomic mass is 35.5. The largest absolute Gasteiger partial charge is 0.465 e. The number of nitrogens with one attached hydrogen (secondary N) is 1. The summed E-state index contributed by atoms with van der Waals surface area (Å²) < 4.78 is 4.96. The number of halogens is 2. The smallest absolute Gasteiger partial charge is 0.341 e. The van der Waals surface area contributed by atoms with E-state index in [2.05, 4.69) is 12.2 Å². The fourth-order valence-electron chi connectivity index (χ4n) is 3.35. The molecule has 1 unspecified atom stereocenters. The Bertz CT molecular complexity index is 936. The Labute approximate surface area is 178 Å². The van der Waals surface area contributed by atoms with Crippen LogP contribution in [0.5, 0.6) is 0 Å². The van der Waals surface area contributed by atoms with Crippen molar-refractivity contribution in [1.82, 2.24) is 0 Å². The normalized spacial score (nSPS) is 16.1. The number of ether oxygens (including phenoxy) is 1. The number of amides is 1. The number of esters is 1. The van der Waals surface area contributed by atoms with Crippen LogP contribution in [-0.2, 0) is 22.4 Å². The molecule has 1 aliphatic carbocycles. The summed E-state index contributed by atoms with van der Waals surface area (Å²) in [6, 6.07) is 5.13. The summed E-state index contributed by atoms with van der Waals surface area (Å²) >= 11 is 13.4. The molecular weight excluding hydrogens is 417 g/mol. The van der Waals surface area contributed by atoms with E-state index in [0.717, 1.165) is 36.8 Å². The molecule has 4 nitrogen and oxygen atoms in total. The maximum Gasteiger partial charge on any atom is 0.341 e. The Morgan fingerprint density at radius 2 is 2.11 bits per heavy atom. The molecule has 148 valence electrons. The quantitative estimate of drug-likeness (QED) is 0.460. The number of hydrogen-bond donors (Lipinski definition) is 1. The third-order valence-electron chi connectivity index (χ3n) is 4.94. The van der Waals surface area contributed by atoms with Gasteiger partial charge in [0, 0.05) is 11.0 Å². The van der Waals surface area contributed by atoms with Crippen molar-refractivity contribution in [1.29, 1.82) is 0 Å². The van der Waals surface area contributed by atoms with Crippen molar-refractivity contribution in [3.05, 3.63) is 55.9 Å². The lowest BCUT2D eigenvalue weighted by molar-refractivity contribution is -0.111. The minimum Gasteiger partial charge on any atom is -0.465 e. The van der Waals surface area contributed by atoms with Crippen LogP contribution >= 0.6 is 34.5 Å². The second-order valence-electron chi connectivity index (χ2n) is 6.71. The zero-order chi connectivity index (χ0) is 20.3. The van der Waals surface area contributed by atoms with Crippen molar-refractivity contribution in [3.63, 3.8) is 0 Å². The number of carbonyl (C=O) groups excluding carboxylic acids is 2. The maximum absolute atomic E-state index is 12.4. The van der Waals surface area contributed by atoms with Gasteiger partial charge in [0.05, 0.1) is 22.7 Å². The Morgan fingerprint density at radius 1 is 1.32 bits per heavy atom. The van der Waals surface area contributed by atoms with Gasteiger partial charge in [-0.05, 0) is 54.5 Å². The second-order valence-corrected chi connectivity index (χ2v) is 8.63. The van der Waals surface area contributed by atoms with Crippen molar-refractivity contribution in [2.45, 2.75) is 32.6 Å². The molecule has 1 heterocycles. The molecule has 1 aromatic carbocycles. The van der Waals surface area contributed by atoms with Crippen LogP contribution in [0.25, 0.3) is 6.08 Å². The van der Waals surface area contributed by atoms with Gasteiger partial charge in [0.1, 0.15) is 5.00 Å². The first kappa shape index (κ1) is 20.9. The Morgan fingerprint density at radius 3 is 2.79 bits per heavy atom. The van der Waals surface area contributed by atoms with Crippen LogP contribution in [0, 0.1) is 5.92 Å². The molecule has 28 heavy (non-hydrogen) atoms. The van der Waals surface area contributed by atoms with E-state index in [1.165, 1.54) is 29.4 Å². The number of hydrogen-bond acceptors (Lipinski definition) is 4. The van der Waals surface area contributed by atoms with Crippen LogP contribution in [0.2, 0.25) is 10.0 Å². The highest BCUT2D eigenvalue weighted by Gasteiger charge is 2.29. The van der Waals surface area contributed by atoms with Crippen molar-refractivity contribution in [3.8, 4) is 0 Å². The standard InChI is InChI=1S/C21H21Cl2NO3S/c1-3-12-4-7-14-17(11-12)28-20(19(14)21(26)27-2)24-18(25)9-6-13-5-8-15(22)16(23)10-13/h5-6,8-10,12H,3-4,7,11H2,1-2H3,(H,24,25). The van der Waals surface area contributed by atoms with Crippen molar-refractivity contribution < 1.29 is 14.3 Å². The number of fused-ring (bicyclic) bond motifs is 1. The summed E-state index contributed by atoms with van der Waals surface area (Å²) in [6.45, 7) is 2.18. The van der Waals surface area contributed by atoms with E-state index in [4.69, 9.17) is 27.9 Å². The zero-order valence-corrected chi connectivity index (χ0v) is 18.0. The van der Waals surface area contributed by atoms with E-state index in [1.807, 2.05) is 0 Å². The molecule has 0 spiro atoms. The lowest BCUT2D eigenvalue weighted by atomic mass is 9.86.